The maximum Gasteiger partial charge on any atom is 0.175 e. The van der Waals surface area contributed by atoms with Crippen molar-refractivity contribution in [2.75, 3.05) is 23.8 Å². The number of thiocarbonyl (C=S) groups is 1. The van der Waals surface area contributed by atoms with Crippen molar-refractivity contribution in [2.45, 2.75) is 33.6 Å². The Morgan fingerprint density at radius 2 is 1.50 bits per heavy atom. The van der Waals surface area contributed by atoms with Crippen molar-refractivity contribution in [3.63, 3.8) is 0 Å². The van der Waals surface area contributed by atoms with Crippen molar-refractivity contribution in [3.05, 3.63) is 47.8 Å². The van der Waals surface area contributed by atoms with Crippen LogP contribution in [0.25, 0.3) is 0 Å². The molecule has 2 aromatic carbocycles. The molecule has 0 saturated carbocycles. The number of ether oxygens (including phenoxy) is 2. The van der Waals surface area contributed by atoms with E-state index in [-0.39, 0.29) is 5.82 Å². The lowest BCUT2D eigenvalue weighted by atomic mass is 10.2. The number of hydrogen-bond acceptors (Lipinski definition) is 3. The Bertz CT molecular complexity index is 753. The number of rotatable bonds is 8. The first-order valence-electron chi connectivity index (χ1n) is 8.77. The Labute approximate surface area is 159 Å². The van der Waals surface area contributed by atoms with Crippen molar-refractivity contribution in [3.8, 4) is 11.5 Å². The summed E-state index contributed by atoms with van der Waals surface area (Å²) in [6, 6.07) is 10.5. The Hall–Kier alpha value is -2.34. The molecule has 6 heteroatoms. The van der Waals surface area contributed by atoms with Crippen LogP contribution in [0.4, 0.5) is 15.8 Å². The minimum absolute atomic E-state index is 0.273. The van der Waals surface area contributed by atoms with Crippen molar-refractivity contribution < 1.29 is 13.9 Å². The lowest BCUT2D eigenvalue weighted by Crippen LogP contribution is -2.19. The fourth-order valence-electron chi connectivity index (χ4n) is 2.21. The number of nitrogens with one attached hydrogen (secondary N) is 2. The maximum absolute atomic E-state index is 13.6. The van der Waals surface area contributed by atoms with E-state index in [1.54, 1.807) is 19.1 Å². The van der Waals surface area contributed by atoms with Crippen molar-refractivity contribution >= 4 is 28.7 Å². The van der Waals surface area contributed by atoms with Gasteiger partial charge in [-0.25, -0.2) is 4.39 Å². The van der Waals surface area contributed by atoms with Crippen LogP contribution >= 0.6 is 12.2 Å². The lowest BCUT2D eigenvalue weighted by molar-refractivity contribution is 0.268. The zero-order chi connectivity index (χ0) is 18.9. The molecule has 2 rings (SSSR count). The molecular formula is C20H25FN2O2S. The minimum atomic E-state index is -0.273. The van der Waals surface area contributed by atoms with Gasteiger partial charge in [0.05, 0.1) is 13.2 Å². The predicted molar refractivity (Wildman–Crippen MR) is 109 cm³/mol. The van der Waals surface area contributed by atoms with Crippen LogP contribution in [0.15, 0.2) is 36.4 Å². The summed E-state index contributed by atoms with van der Waals surface area (Å²) in [7, 11) is 0. The predicted octanol–water partition coefficient (Wildman–Crippen LogP) is 5.52. The average molecular weight is 376 g/mol. The summed E-state index contributed by atoms with van der Waals surface area (Å²) in [6.07, 6.45) is 1.83. The monoisotopic (exact) mass is 376 g/mol. The molecule has 0 spiro atoms. The van der Waals surface area contributed by atoms with Gasteiger partial charge in [0, 0.05) is 17.4 Å². The molecule has 0 radical (unpaired) electrons. The summed E-state index contributed by atoms with van der Waals surface area (Å²) >= 11 is 5.31. The highest BCUT2D eigenvalue weighted by Gasteiger charge is 2.08. The van der Waals surface area contributed by atoms with Gasteiger partial charge in [-0.05, 0) is 61.8 Å². The number of aryl methyl sites for hydroxylation is 1. The Morgan fingerprint density at radius 1 is 0.923 bits per heavy atom. The molecule has 140 valence electrons. The summed E-state index contributed by atoms with van der Waals surface area (Å²) in [5, 5.41) is 6.44. The van der Waals surface area contributed by atoms with Gasteiger partial charge >= 0.3 is 0 Å². The van der Waals surface area contributed by atoms with Gasteiger partial charge in [0.15, 0.2) is 16.6 Å². The lowest BCUT2D eigenvalue weighted by Gasteiger charge is -2.15. The molecule has 0 aromatic heterocycles. The van der Waals surface area contributed by atoms with E-state index in [0.717, 1.165) is 18.5 Å². The summed E-state index contributed by atoms with van der Waals surface area (Å²) in [5.41, 5.74) is 1.95. The molecule has 0 saturated heterocycles. The fraction of sp³-hybridized carbons (Fsp3) is 0.350. The minimum Gasteiger partial charge on any atom is -0.490 e. The van der Waals surface area contributed by atoms with Crippen molar-refractivity contribution in [2.24, 2.45) is 0 Å². The molecule has 26 heavy (non-hydrogen) atoms. The second kappa shape index (κ2) is 9.97. The molecule has 0 aliphatic rings. The SMILES string of the molecule is CCCOc1ccc(NC(=S)Nc2ccc(C)c(F)c2)cc1OCCC. The quantitative estimate of drug-likeness (QED) is 0.594. The first kappa shape index (κ1) is 20.0. The van der Waals surface area contributed by atoms with Crippen LogP contribution in [0.5, 0.6) is 11.5 Å². The average Bonchev–Trinajstić information content (AvgIpc) is 2.62. The molecule has 2 N–H and O–H groups in total. The molecule has 0 amide bonds. The van der Waals surface area contributed by atoms with Crippen LogP contribution in [-0.2, 0) is 0 Å². The Balaban J connectivity index is 2.06. The normalized spacial score (nSPS) is 10.3. The zero-order valence-electron chi connectivity index (χ0n) is 15.4. The fourth-order valence-corrected chi connectivity index (χ4v) is 2.44. The van der Waals surface area contributed by atoms with Crippen LogP contribution in [-0.4, -0.2) is 18.3 Å². The molecule has 0 aliphatic heterocycles. The van der Waals surface area contributed by atoms with Gasteiger partial charge in [0.25, 0.3) is 0 Å². The maximum atomic E-state index is 13.6. The van der Waals surface area contributed by atoms with E-state index in [4.69, 9.17) is 21.7 Å². The Morgan fingerprint density at radius 3 is 2.12 bits per heavy atom. The number of anilines is 2. The van der Waals surface area contributed by atoms with Gasteiger partial charge in [0.2, 0.25) is 0 Å². The van der Waals surface area contributed by atoms with Gasteiger partial charge in [0.1, 0.15) is 5.82 Å². The van der Waals surface area contributed by atoms with E-state index >= 15 is 0 Å². The summed E-state index contributed by atoms with van der Waals surface area (Å²) < 4.78 is 25.1. The van der Waals surface area contributed by atoms with E-state index in [9.17, 15) is 4.39 Å². The van der Waals surface area contributed by atoms with E-state index < -0.39 is 0 Å². The molecule has 2 aromatic rings. The van der Waals surface area contributed by atoms with Crippen molar-refractivity contribution in [1.29, 1.82) is 0 Å². The molecule has 0 bridgehead atoms. The molecule has 0 atom stereocenters. The smallest absolute Gasteiger partial charge is 0.175 e. The van der Waals surface area contributed by atoms with Crippen LogP contribution in [0.2, 0.25) is 0 Å². The van der Waals surface area contributed by atoms with Crippen LogP contribution in [0.3, 0.4) is 0 Å². The van der Waals surface area contributed by atoms with Crippen LogP contribution < -0.4 is 20.1 Å². The first-order valence-corrected chi connectivity index (χ1v) is 9.18. The van der Waals surface area contributed by atoms with Gasteiger partial charge in [-0.2, -0.15) is 0 Å². The Kier molecular flexibility index (Phi) is 7.66. The molecule has 0 unspecified atom stereocenters. The van der Waals surface area contributed by atoms with E-state index in [1.165, 1.54) is 6.07 Å². The number of halogens is 1. The second-order valence-electron chi connectivity index (χ2n) is 5.90. The van der Waals surface area contributed by atoms with E-state index in [0.29, 0.717) is 41.1 Å². The van der Waals surface area contributed by atoms with Crippen LogP contribution in [0, 0.1) is 12.7 Å². The van der Waals surface area contributed by atoms with Gasteiger partial charge in [-0.15, -0.1) is 0 Å². The van der Waals surface area contributed by atoms with Gasteiger partial charge in [-0.1, -0.05) is 19.9 Å². The molecule has 0 fully saturated rings. The van der Waals surface area contributed by atoms with Crippen molar-refractivity contribution in [1.82, 2.24) is 0 Å². The zero-order valence-corrected chi connectivity index (χ0v) is 16.2. The highest BCUT2D eigenvalue weighted by Crippen LogP contribution is 2.31. The number of benzene rings is 2. The molecule has 4 nitrogen and oxygen atoms in total. The van der Waals surface area contributed by atoms with Gasteiger partial charge in [-0.3, -0.25) is 0 Å². The highest BCUT2D eigenvalue weighted by atomic mass is 32.1. The molecular weight excluding hydrogens is 351 g/mol. The third-order valence-electron chi connectivity index (χ3n) is 3.55. The summed E-state index contributed by atoms with van der Waals surface area (Å²) in [4.78, 5) is 0. The van der Waals surface area contributed by atoms with Gasteiger partial charge < -0.3 is 20.1 Å². The first-order chi connectivity index (χ1) is 12.5. The topological polar surface area (TPSA) is 42.5 Å². The number of hydrogen-bond donors (Lipinski definition) is 2. The summed E-state index contributed by atoms with van der Waals surface area (Å²) in [6.45, 7) is 7.07. The standard InChI is InChI=1S/C20H25FN2O2S/c1-4-10-24-18-9-8-16(13-19(18)25-11-5-2)23-20(26)22-15-7-6-14(3)17(21)12-15/h6-9,12-13H,4-5,10-11H2,1-3H3,(H2,22,23,26). The molecule has 0 heterocycles. The van der Waals surface area contributed by atoms with E-state index in [2.05, 4.69) is 24.5 Å². The van der Waals surface area contributed by atoms with E-state index in [1.807, 2.05) is 18.2 Å². The third-order valence-corrected chi connectivity index (χ3v) is 3.76. The molecule has 0 aliphatic carbocycles. The summed E-state index contributed by atoms with van der Waals surface area (Å²) in [5.74, 6) is 1.12. The highest BCUT2D eigenvalue weighted by molar-refractivity contribution is 7.80. The van der Waals surface area contributed by atoms with Crippen LogP contribution in [0.1, 0.15) is 32.3 Å². The third kappa shape index (κ3) is 5.88. The largest absolute Gasteiger partial charge is 0.490 e. The second-order valence-corrected chi connectivity index (χ2v) is 6.31.